The lowest BCUT2D eigenvalue weighted by atomic mass is 10.2. The summed E-state index contributed by atoms with van der Waals surface area (Å²) in [6.45, 7) is 0.901. The number of methoxy groups -OCH3 is 1. The van der Waals surface area contributed by atoms with Gasteiger partial charge in [0.25, 0.3) is 3.79 Å². The SMILES string of the molecule is COC(=CC(=O)C(Cl)(Cl)Cl)CCOCc1ccccc1. The second kappa shape index (κ2) is 8.53. The number of hydrogen-bond donors (Lipinski definition) is 0. The molecule has 1 rings (SSSR count). The molecule has 110 valence electrons. The van der Waals surface area contributed by atoms with Crippen LogP contribution >= 0.6 is 34.8 Å². The van der Waals surface area contributed by atoms with E-state index in [0.29, 0.717) is 25.4 Å². The van der Waals surface area contributed by atoms with Crippen LogP contribution < -0.4 is 0 Å². The number of hydrogen-bond acceptors (Lipinski definition) is 3. The average Bonchev–Trinajstić information content (AvgIpc) is 2.42. The fraction of sp³-hybridized carbons (Fsp3) is 0.357. The molecule has 20 heavy (non-hydrogen) atoms. The van der Waals surface area contributed by atoms with Crippen LogP contribution in [0.5, 0.6) is 0 Å². The minimum atomic E-state index is -1.96. The van der Waals surface area contributed by atoms with Crippen molar-refractivity contribution in [1.29, 1.82) is 0 Å². The van der Waals surface area contributed by atoms with Gasteiger partial charge in [-0.05, 0) is 5.56 Å². The summed E-state index contributed by atoms with van der Waals surface area (Å²) < 4.78 is 8.58. The Morgan fingerprint density at radius 1 is 1.25 bits per heavy atom. The van der Waals surface area contributed by atoms with E-state index in [1.807, 2.05) is 30.3 Å². The van der Waals surface area contributed by atoms with Crippen LogP contribution in [0, 0.1) is 0 Å². The molecule has 0 aliphatic carbocycles. The van der Waals surface area contributed by atoms with Gasteiger partial charge in [0.15, 0.2) is 0 Å². The zero-order chi connectivity index (χ0) is 15.0. The van der Waals surface area contributed by atoms with Crippen LogP contribution in [-0.2, 0) is 20.9 Å². The molecule has 0 saturated heterocycles. The summed E-state index contributed by atoms with van der Waals surface area (Å²) in [7, 11) is 1.45. The van der Waals surface area contributed by atoms with Crippen molar-refractivity contribution in [2.75, 3.05) is 13.7 Å². The van der Waals surface area contributed by atoms with Crippen molar-refractivity contribution in [3.05, 3.63) is 47.7 Å². The molecule has 0 spiro atoms. The number of carbonyl (C=O) groups excluding carboxylic acids is 1. The Morgan fingerprint density at radius 3 is 2.45 bits per heavy atom. The fourth-order valence-corrected chi connectivity index (χ4v) is 1.56. The first-order chi connectivity index (χ1) is 9.43. The molecule has 0 aliphatic heterocycles. The summed E-state index contributed by atoms with van der Waals surface area (Å²) in [4.78, 5) is 11.5. The van der Waals surface area contributed by atoms with Gasteiger partial charge < -0.3 is 9.47 Å². The molecule has 0 aliphatic rings. The maximum atomic E-state index is 11.5. The lowest BCUT2D eigenvalue weighted by Gasteiger charge is -2.10. The standard InChI is InChI=1S/C14H15Cl3O3/c1-19-12(9-13(18)14(15,16)17)7-8-20-10-11-5-3-2-4-6-11/h2-6,9H,7-8,10H2,1H3. The Labute approximate surface area is 133 Å². The summed E-state index contributed by atoms with van der Waals surface area (Å²) >= 11 is 16.4. The molecule has 0 saturated carbocycles. The van der Waals surface area contributed by atoms with Crippen molar-refractivity contribution < 1.29 is 14.3 Å². The second-order valence-electron chi connectivity index (χ2n) is 3.96. The third-order valence-electron chi connectivity index (χ3n) is 2.44. The maximum Gasteiger partial charge on any atom is 0.252 e. The average molecular weight is 338 g/mol. The van der Waals surface area contributed by atoms with Gasteiger partial charge in [-0.3, -0.25) is 4.79 Å². The highest BCUT2D eigenvalue weighted by atomic mass is 35.6. The largest absolute Gasteiger partial charge is 0.501 e. The first-order valence-corrected chi connectivity index (χ1v) is 7.04. The van der Waals surface area contributed by atoms with Crippen LogP contribution in [0.1, 0.15) is 12.0 Å². The number of ether oxygens (including phenoxy) is 2. The molecule has 0 atom stereocenters. The Bertz CT molecular complexity index is 452. The summed E-state index contributed by atoms with van der Waals surface area (Å²) in [5.41, 5.74) is 1.08. The molecule has 1 aromatic rings. The quantitative estimate of drug-likeness (QED) is 0.326. The van der Waals surface area contributed by atoms with Crippen LogP contribution in [0.4, 0.5) is 0 Å². The van der Waals surface area contributed by atoms with E-state index >= 15 is 0 Å². The molecule has 0 bridgehead atoms. The molecule has 0 heterocycles. The van der Waals surface area contributed by atoms with E-state index in [-0.39, 0.29) is 0 Å². The number of allylic oxidation sites excluding steroid dienone is 1. The molecule has 6 heteroatoms. The summed E-state index contributed by atoms with van der Waals surface area (Å²) in [6.07, 6.45) is 1.61. The highest BCUT2D eigenvalue weighted by Crippen LogP contribution is 2.28. The second-order valence-corrected chi connectivity index (χ2v) is 6.25. The third-order valence-corrected chi connectivity index (χ3v) is 3.00. The van der Waals surface area contributed by atoms with E-state index in [9.17, 15) is 4.79 Å². The van der Waals surface area contributed by atoms with Gasteiger partial charge in [-0.25, -0.2) is 0 Å². The molecular weight excluding hydrogens is 323 g/mol. The van der Waals surface area contributed by atoms with Gasteiger partial charge in [0.05, 0.1) is 20.3 Å². The Hall–Kier alpha value is -0.740. The number of halogens is 3. The summed E-state index contributed by atoms with van der Waals surface area (Å²) in [5, 5.41) is 0. The van der Waals surface area contributed by atoms with E-state index in [4.69, 9.17) is 44.3 Å². The molecule has 3 nitrogen and oxygen atoms in total. The van der Waals surface area contributed by atoms with Crippen molar-refractivity contribution in [2.24, 2.45) is 0 Å². The molecule has 0 aromatic heterocycles. The number of rotatable bonds is 7. The van der Waals surface area contributed by atoms with Gasteiger partial charge >= 0.3 is 0 Å². The Morgan fingerprint density at radius 2 is 1.90 bits per heavy atom. The normalized spacial score (nSPS) is 12.3. The van der Waals surface area contributed by atoms with Gasteiger partial charge in [0.1, 0.15) is 5.76 Å². The van der Waals surface area contributed by atoms with E-state index in [2.05, 4.69) is 0 Å². The van der Waals surface area contributed by atoms with Gasteiger partial charge in [-0.1, -0.05) is 65.1 Å². The monoisotopic (exact) mass is 336 g/mol. The van der Waals surface area contributed by atoms with Crippen LogP contribution in [0.2, 0.25) is 0 Å². The zero-order valence-corrected chi connectivity index (χ0v) is 13.2. The minimum Gasteiger partial charge on any atom is -0.501 e. The smallest absolute Gasteiger partial charge is 0.252 e. The highest BCUT2D eigenvalue weighted by Gasteiger charge is 2.29. The minimum absolute atomic E-state index is 0.404. The third kappa shape index (κ3) is 6.62. The molecule has 0 amide bonds. The van der Waals surface area contributed by atoms with Gasteiger partial charge in [0, 0.05) is 12.5 Å². The van der Waals surface area contributed by atoms with Crippen molar-refractivity contribution in [3.63, 3.8) is 0 Å². The van der Waals surface area contributed by atoms with E-state index in [1.165, 1.54) is 13.2 Å². The van der Waals surface area contributed by atoms with Crippen molar-refractivity contribution in [1.82, 2.24) is 0 Å². The first kappa shape index (κ1) is 17.3. The molecular formula is C14H15Cl3O3. The number of alkyl halides is 3. The van der Waals surface area contributed by atoms with Crippen molar-refractivity contribution in [2.45, 2.75) is 16.8 Å². The van der Waals surface area contributed by atoms with E-state index < -0.39 is 9.58 Å². The Balaban J connectivity index is 2.39. The number of ketones is 1. The summed E-state index contributed by atoms with van der Waals surface area (Å²) in [5.74, 6) is -0.225. The van der Waals surface area contributed by atoms with Crippen LogP contribution in [0.15, 0.2) is 42.2 Å². The molecule has 0 unspecified atom stereocenters. The van der Waals surface area contributed by atoms with Crippen molar-refractivity contribution >= 4 is 40.6 Å². The van der Waals surface area contributed by atoms with E-state index in [0.717, 1.165) is 5.56 Å². The number of benzene rings is 1. The zero-order valence-electron chi connectivity index (χ0n) is 10.9. The topological polar surface area (TPSA) is 35.5 Å². The lowest BCUT2D eigenvalue weighted by Crippen LogP contribution is -2.17. The van der Waals surface area contributed by atoms with Crippen LogP contribution in [0.25, 0.3) is 0 Å². The fourth-order valence-electron chi connectivity index (χ4n) is 1.40. The summed E-state index contributed by atoms with van der Waals surface area (Å²) in [6, 6.07) is 9.77. The molecule has 0 N–H and O–H groups in total. The molecule has 0 fully saturated rings. The van der Waals surface area contributed by atoms with Crippen LogP contribution in [-0.4, -0.2) is 23.3 Å². The van der Waals surface area contributed by atoms with Gasteiger partial charge in [0.2, 0.25) is 5.78 Å². The Kier molecular flexibility index (Phi) is 7.38. The predicted molar refractivity (Wildman–Crippen MR) is 81.1 cm³/mol. The van der Waals surface area contributed by atoms with Crippen LogP contribution in [0.3, 0.4) is 0 Å². The van der Waals surface area contributed by atoms with E-state index in [1.54, 1.807) is 0 Å². The molecule has 1 aromatic carbocycles. The maximum absolute atomic E-state index is 11.5. The van der Waals surface area contributed by atoms with Gasteiger partial charge in [-0.2, -0.15) is 0 Å². The highest BCUT2D eigenvalue weighted by molar-refractivity contribution is 6.77. The predicted octanol–water partition coefficient (Wildman–Crippen LogP) is 4.06. The van der Waals surface area contributed by atoms with Crippen molar-refractivity contribution in [3.8, 4) is 0 Å². The lowest BCUT2D eigenvalue weighted by molar-refractivity contribution is -0.114. The first-order valence-electron chi connectivity index (χ1n) is 5.91. The molecule has 0 radical (unpaired) electrons. The number of carbonyl (C=O) groups is 1. The van der Waals surface area contributed by atoms with Gasteiger partial charge in [-0.15, -0.1) is 0 Å².